The third-order valence-electron chi connectivity index (χ3n) is 5.82. The highest BCUT2D eigenvalue weighted by molar-refractivity contribution is 8.00. The average molecular weight is 476 g/mol. The number of hydrogen-bond acceptors (Lipinski definition) is 6. The summed E-state index contributed by atoms with van der Waals surface area (Å²) >= 11 is 3.46. The molecule has 0 radical (unpaired) electrons. The van der Waals surface area contributed by atoms with Crippen molar-refractivity contribution >= 4 is 44.9 Å². The first-order valence-electron chi connectivity index (χ1n) is 11.0. The highest BCUT2D eigenvalue weighted by atomic mass is 32.2. The number of methoxy groups -OCH3 is 1. The van der Waals surface area contributed by atoms with Crippen LogP contribution in [0.2, 0.25) is 0 Å². The largest absolute Gasteiger partial charge is 0.497 e. The quantitative estimate of drug-likeness (QED) is 0.342. The number of aromatic nitrogens is 1. The SMILES string of the molecule is COc1cccc(N2CCN(C(=O)c3ccc(CSc4nc5ccccc5s4)cc3)CC2)c1. The van der Waals surface area contributed by atoms with Crippen LogP contribution in [0, 0.1) is 0 Å². The zero-order valence-corrected chi connectivity index (χ0v) is 20.1. The third-order valence-corrected chi connectivity index (χ3v) is 8.07. The molecule has 168 valence electrons. The molecule has 0 saturated carbocycles. The van der Waals surface area contributed by atoms with Gasteiger partial charge in [0.1, 0.15) is 5.75 Å². The van der Waals surface area contributed by atoms with Crippen LogP contribution < -0.4 is 9.64 Å². The number of para-hydroxylation sites is 1. The second kappa shape index (κ2) is 9.85. The van der Waals surface area contributed by atoms with E-state index in [0.29, 0.717) is 13.1 Å². The Labute approximate surface area is 202 Å². The number of anilines is 1. The molecular weight excluding hydrogens is 450 g/mol. The van der Waals surface area contributed by atoms with Crippen LogP contribution in [0.4, 0.5) is 5.69 Å². The van der Waals surface area contributed by atoms with Crippen LogP contribution in [0.25, 0.3) is 10.2 Å². The zero-order valence-electron chi connectivity index (χ0n) is 18.4. The van der Waals surface area contributed by atoms with Crippen molar-refractivity contribution in [2.75, 3.05) is 38.2 Å². The molecular formula is C26H25N3O2S2. The summed E-state index contributed by atoms with van der Waals surface area (Å²) in [5.41, 5.74) is 4.13. The van der Waals surface area contributed by atoms with Crippen molar-refractivity contribution in [3.05, 3.63) is 83.9 Å². The predicted molar refractivity (Wildman–Crippen MR) is 137 cm³/mol. The van der Waals surface area contributed by atoms with Gasteiger partial charge < -0.3 is 14.5 Å². The molecule has 5 nitrogen and oxygen atoms in total. The van der Waals surface area contributed by atoms with Gasteiger partial charge in [0, 0.05) is 49.2 Å². The van der Waals surface area contributed by atoms with E-state index < -0.39 is 0 Å². The van der Waals surface area contributed by atoms with Crippen molar-refractivity contribution in [1.82, 2.24) is 9.88 Å². The molecule has 0 spiro atoms. The van der Waals surface area contributed by atoms with E-state index in [1.54, 1.807) is 30.2 Å². The van der Waals surface area contributed by atoms with E-state index >= 15 is 0 Å². The molecule has 4 aromatic rings. The van der Waals surface area contributed by atoms with Crippen molar-refractivity contribution in [2.45, 2.75) is 10.1 Å². The number of amides is 1. The highest BCUT2D eigenvalue weighted by Crippen LogP contribution is 2.31. The number of benzene rings is 3. The van der Waals surface area contributed by atoms with Gasteiger partial charge in [0.25, 0.3) is 5.91 Å². The summed E-state index contributed by atoms with van der Waals surface area (Å²) in [6, 6.07) is 24.3. The summed E-state index contributed by atoms with van der Waals surface area (Å²) in [7, 11) is 1.68. The zero-order chi connectivity index (χ0) is 22.6. The van der Waals surface area contributed by atoms with Crippen LogP contribution in [0.3, 0.4) is 0 Å². The Morgan fingerprint density at radius 3 is 2.55 bits per heavy atom. The van der Waals surface area contributed by atoms with Gasteiger partial charge in [-0.15, -0.1) is 11.3 Å². The molecule has 33 heavy (non-hydrogen) atoms. The Bertz CT molecular complexity index is 1210. The van der Waals surface area contributed by atoms with E-state index in [0.717, 1.165) is 45.7 Å². The number of thiazole rings is 1. The first-order chi connectivity index (χ1) is 16.2. The van der Waals surface area contributed by atoms with Gasteiger partial charge in [-0.2, -0.15) is 0 Å². The van der Waals surface area contributed by atoms with Crippen LogP contribution in [0.1, 0.15) is 15.9 Å². The Hall–Kier alpha value is -3.03. The first kappa shape index (κ1) is 21.8. The van der Waals surface area contributed by atoms with Crippen molar-refractivity contribution in [3.63, 3.8) is 0 Å². The van der Waals surface area contributed by atoms with Crippen LogP contribution in [-0.4, -0.2) is 49.1 Å². The number of hydrogen-bond donors (Lipinski definition) is 0. The lowest BCUT2D eigenvalue weighted by Crippen LogP contribution is -2.48. The maximum absolute atomic E-state index is 13.0. The van der Waals surface area contributed by atoms with Gasteiger partial charge in [-0.25, -0.2) is 4.98 Å². The Balaban J connectivity index is 1.16. The number of piperazine rings is 1. The fourth-order valence-corrected chi connectivity index (χ4v) is 5.98. The molecule has 1 amide bonds. The number of nitrogens with zero attached hydrogens (tertiary/aromatic N) is 3. The second-order valence-electron chi connectivity index (χ2n) is 7.91. The standard InChI is InChI=1S/C26H25N3O2S2/c1-31-22-6-4-5-21(17-22)28-13-15-29(16-14-28)25(30)20-11-9-19(10-12-20)18-32-26-27-23-7-2-3-8-24(23)33-26/h2-12,17H,13-16,18H2,1H3. The Kier molecular flexibility index (Phi) is 6.51. The van der Waals surface area contributed by atoms with Gasteiger partial charge in [0.05, 0.1) is 17.3 Å². The topological polar surface area (TPSA) is 45.7 Å². The van der Waals surface area contributed by atoms with Crippen molar-refractivity contribution < 1.29 is 9.53 Å². The molecule has 1 aliphatic heterocycles. The monoisotopic (exact) mass is 475 g/mol. The van der Waals surface area contributed by atoms with Gasteiger partial charge in [0.15, 0.2) is 4.34 Å². The Morgan fingerprint density at radius 2 is 1.79 bits per heavy atom. The fourth-order valence-electron chi connectivity index (χ4n) is 3.96. The van der Waals surface area contributed by atoms with Gasteiger partial charge in [-0.3, -0.25) is 4.79 Å². The number of fused-ring (bicyclic) bond motifs is 1. The van der Waals surface area contributed by atoms with E-state index in [2.05, 4.69) is 34.1 Å². The molecule has 0 aliphatic carbocycles. The first-order valence-corrected chi connectivity index (χ1v) is 12.8. The molecule has 0 N–H and O–H groups in total. The number of thioether (sulfide) groups is 1. The molecule has 0 bridgehead atoms. The van der Waals surface area contributed by atoms with E-state index in [9.17, 15) is 4.79 Å². The van der Waals surface area contributed by atoms with Gasteiger partial charge >= 0.3 is 0 Å². The summed E-state index contributed by atoms with van der Waals surface area (Å²) in [6.07, 6.45) is 0. The van der Waals surface area contributed by atoms with E-state index in [-0.39, 0.29) is 5.91 Å². The average Bonchev–Trinajstić information content (AvgIpc) is 3.31. The maximum Gasteiger partial charge on any atom is 0.253 e. The summed E-state index contributed by atoms with van der Waals surface area (Å²) in [5, 5.41) is 0. The number of carbonyl (C=O) groups excluding carboxylic acids is 1. The second-order valence-corrected chi connectivity index (χ2v) is 10.2. The molecule has 1 saturated heterocycles. The molecule has 1 aliphatic rings. The van der Waals surface area contributed by atoms with E-state index in [1.165, 1.54) is 10.3 Å². The molecule has 1 aromatic heterocycles. The minimum atomic E-state index is 0.102. The molecule has 1 fully saturated rings. The van der Waals surface area contributed by atoms with Crippen molar-refractivity contribution in [3.8, 4) is 5.75 Å². The van der Waals surface area contributed by atoms with Gasteiger partial charge in [-0.1, -0.05) is 42.1 Å². The van der Waals surface area contributed by atoms with Crippen LogP contribution in [0.15, 0.2) is 77.1 Å². The normalized spacial score (nSPS) is 14.0. The number of ether oxygens (including phenoxy) is 1. The lowest BCUT2D eigenvalue weighted by atomic mass is 10.1. The molecule has 0 atom stereocenters. The minimum absolute atomic E-state index is 0.102. The number of rotatable bonds is 6. The Morgan fingerprint density at radius 1 is 1.00 bits per heavy atom. The lowest BCUT2D eigenvalue weighted by Gasteiger charge is -2.36. The molecule has 2 heterocycles. The van der Waals surface area contributed by atoms with Crippen LogP contribution in [-0.2, 0) is 5.75 Å². The summed E-state index contributed by atoms with van der Waals surface area (Å²) in [5.74, 6) is 1.80. The minimum Gasteiger partial charge on any atom is -0.497 e. The van der Waals surface area contributed by atoms with E-state index in [4.69, 9.17) is 4.74 Å². The molecule has 0 unspecified atom stereocenters. The third kappa shape index (κ3) is 4.99. The molecule has 7 heteroatoms. The smallest absolute Gasteiger partial charge is 0.253 e. The summed E-state index contributed by atoms with van der Waals surface area (Å²) in [4.78, 5) is 21.9. The fraction of sp³-hybridized carbons (Fsp3) is 0.231. The number of carbonyl (C=O) groups is 1. The summed E-state index contributed by atoms with van der Waals surface area (Å²) < 4.78 is 7.62. The summed E-state index contributed by atoms with van der Waals surface area (Å²) in [6.45, 7) is 3.06. The van der Waals surface area contributed by atoms with Crippen LogP contribution >= 0.6 is 23.1 Å². The van der Waals surface area contributed by atoms with Crippen molar-refractivity contribution in [1.29, 1.82) is 0 Å². The highest BCUT2D eigenvalue weighted by Gasteiger charge is 2.22. The lowest BCUT2D eigenvalue weighted by molar-refractivity contribution is 0.0747. The molecule has 5 rings (SSSR count). The predicted octanol–water partition coefficient (Wildman–Crippen LogP) is 5.56. The van der Waals surface area contributed by atoms with Crippen LogP contribution in [0.5, 0.6) is 5.75 Å². The van der Waals surface area contributed by atoms with Gasteiger partial charge in [-0.05, 0) is 42.0 Å². The van der Waals surface area contributed by atoms with Crippen molar-refractivity contribution in [2.24, 2.45) is 0 Å². The van der Waals surface area contributed by atoms with E-state index in [1.807, 2.05) is 53.4 Å². The molecule has 3 aromatic carbocycles. The van der Waals surface area contributed by atoms with Gasteiger partial charge in [0.2, 0.25) is 0 Å². The maximum atomic E-state index is 13.0.